The van der Waals surface area contributed by atoms with Crippen molar-refractivity contribution in [1.82, 2.24) is 0 Å². The molecule has 0 heterocycles. The van der Waals surface area contributed by atoms with E-state index in [2.05, 4.69) is 11.7 Å². The lowest BCUT2D eigenvalue weighted by Crippen LogP contribution is -2.62. The van der Waals surface area contributed by atoms with Gasteiger partial charge in [-0.05, 0) is 97.7 Å². The summed E-state index contributed by atoms with van der Waals surface area (Å²) >= 11 is 0. The van der Waals surface area contributed by atoms with E-state index in [1.165, 1.54) is 0 Å². The molecule has 4 aliphatic carbocycles. The Morgan fingerprint density at radius 3 is 2.24 bits per heavy atom. The Morgan fingerprint density at radius 1 is 1.02 bits per heavy atom. The van der Waals surface area contributed by atoms with E-state index in [4.69, 9.17) is 0 Å². The third-order valence-electron chi connectivity index (χ3n) is 11.5. The van der Waals surface area contributed by atoms with Crippen molar-refractivity contribution in [3.05, 3.63) is 0 Å². The Balaban J connectivity index is 1.46. The van der Waals surface area contributed by atoms with Crippen LogP contribution in [0.2, 0.25) is 0 Å². The first-order valence-electron chi connectivity index (χ1n) is 14.3. The van der Waals surface area contributed by atoms with Gasteiger partial charge in [-0.25, -0.2) is 8.42 Å². The predicted octanol–water partition coefficient (Wildman–Crippen LogP) is 3.98. The lowest BCUT2D eigenvalue weighted by atomic mass is 9.43. The average molecular weight is 620 g/mol. The Hall–Kier alpha value is -1.09. The van der Waals surface area contributed by atoms with Crippen molar-refractivity contribution in [2.24, 2.45) is 46.3 Å². The van der Waals surface area contributed by atoms with E-state index >= 15 is 0 Å². The second-order valence-electron chi connectivity index (χ2n) is 13.5. The van der Waals surface area contributed by atoms with Crippen LogP contribution in [0, 0.1) is 46.3 Å². The molecule has 12 atom stereocenters. The molecule has 14 heteroatoms. The molecule has 41 heavy (non-hydrogen) atoms. The summed E-state index contributed by atoms with van der Waals surface area (Å²) in [7, 11) is -6.77. The van der Waals surface area contributed by atoms with E-state index < -0.39 is 63.8 Å². The van der Waals surface area contributed by atoms with Gasteiger partial charge in [0.1, 0.15) is 0 Å². The third-order valence-corrected chi connectivity index (χ3v) is 12.4. The molecule has 238 valence electrons. The van der Waals surface area contributed by atoms with E-state index in [9.17, 15) is 55.0 Å². The summed E-state index contributed by atoms with van der Waals surface area (Å²) in [6, 6.07) is 0. The highest BCUT2D eigenvalue weighted by atomic mass is 32.2. The van der Waals surface area contributed by atoms with E-state index in [0.717, 1.165) is 6.42 Å². The fraction of sp³-hybridized carbons (Fsp3) is 0.963. The zero-order valence-electron chi connectivity index (χ0n) is 23.3. The van der Waals surface area contributed by atoms with Gasteiger partial charge >= 0.3 is 17.4 Å². The van der Waals surface area contributed by atoms with Crippen molar-refractivity contribution in [1.29, 1.82) is 0 Å². The molecule has 0 aliphatic heterocycles. The molecule has 4 fully saturated rings. The van der Waals surface area contributed by atoms with Crippen LogP contribution in [-0.2, 0) is 19.6 Å². The number of hydrogen-bond acceptors (Lipinski definition) is 8. The van der Waals surface area contributed by atoms with Crippen LogP contribution >= 0.6 is 0 Å². The maximum atomic E-state index is 13.7. The topological polar surface area (TPSA) is 144 Å². The van der Waals surface area contributed by atoms with Gasteiger partial charge in [-0.3, -0.25) is 4.79 Å². The van der Waals surface area contributed by atoms with Crippen LogP contribution in [0.15, 0.2) is 0 Å². The summed E-state index contributed by atoms with van der Waals surface area (Å²) in [5.41, 5.74) is -0.797. The Bertz CT molecular complexity index is 1100. The number of esters is 1. The van der Waals surface area contributed by atoms with Crippen LogP contribution in [0.25, 0.3) is 0 Å². The molecule has 0 radical (unpaired) electrons. The van der Waals surface area contributed by atoms with Gasteiger partial charge in [-0.2, -0.15) is 22.0 Å². The number of fused-ring (bicyclic) bond motifs is 5. The van der Waals surface area contributed by atoms with Gasteiger partial charge in [0.2, 0.25) is 0 Å². The first-order valence-corrected chi connectivity index (χ1v) is 15.7. The van der Waals surface area contributed by atoms with Gasteiger partial charge in [-0.1, -0.05) is 20.8 Å². The Labute approximate surface area is 236 Å². The standard InChI is InChI=1S/C27H41F5O8S/c1-13(4-7-21(36)40-23(26(28,29)30)27(31,32)41(37,38)39)16-5-6-17-22-18(12-20(35)25(16,17)3)24(2)9-8-15(33)10-14(24)11-19(22)34/h13-20,22-23,33-35H,4-12H2,1-3H3,(H,37,38,39)/p-1/t13-,14+,15?,16-,17+,18+,19?,20?,22+,23?,24+,25-/m1/s1. The third kappa shape index (κ3) is 5.53. The van der Waals surface area contributed by atoms with Gasteiger partial charge < -0.3 is 24.6 Å². The molecular weight excluding hydrogens is 579 g/mol. The summed E-state index contributed by atoms with van der Waals surface area (Å²) < 4.78 is 103. The minimum atomic E-state index is -6.77. The number of rotatable bonds is 7. The van der Waals surface area contributed by atoms with Crippen molar-refractivity contribution < 1.29 is 59.8 Å². The summed E-state index contributed by atoms with van der Waals surface area (Å²) in [4.78, 5) is 12.2. The van der Waals surface area contributed by atoms with Gasteiger partial charge in [-0.15, -0.1) is 0 Å². The highest BCUT2D eigenvalue weighted by Gasteiger charge is 2.66. The largest absolute Gasteiger partial charge is 0.743 e. The summed E-state index contributed by atoms with van der Waals surface area (Å²) in [6.45, 7) is 5.88. The Morgan fingerprint density at radius 2 is 1.66 bits per heavy atom. The minimum Gasteiger partial charge on any atom is -0.743 e. The van der Waals surface area contributed by atoms with Crippen LogP contribution in [-0.4, -0.2) is 70.1 Å². The smallest absolute Gasteiger partial charge is 0.432 e. The number of ether oxygens (including phenoxy) is 1. The molecule has 0 aromatic carbocycles. The lowest BCUT2D eigenvalue weighted by molar-refractivity contribution is -0.259. The summed E-state index contributed by atoms with van der Waals surface area (Å²) in [5.74, 6) is -2.19. The van der Waals surface area contributed by atoms with Gasteiger partial charge in [0.15, 0.2) is 10.1 Å². The van der Waals surface area contributed by atoms with Crippen molar-refractivity contribution >= 4 is 16.1 Å². The van der Waals surface area contributed by atoms with Crippen molar-refractivity contribution in [2.75, 3.05) is 0 Å². The molecule has 3 N–H and O–H groups in total. The summed E-state index contributed by atoms with van der Waals surface area (Å²) in [5, 5.41) is 27.2. The second kappa shape index (κ2) is 10.8. The summed E-state index contributed by atoms with van der Waals surface area (Å²) in [6.07, 6.45) is -8.56. The average Bonchev–Trinajstić information content (AvgIpc) is 3.19. The van der Waals surface area contributed by atoms with Crippen LogP contribution in [0.1, 0.15) is 78.6 Å². The van der Waals surface area contributed by atoms with E-state index in [-0.39, 0.29) is 47.3 Å². The van der Waals surface area contributed by atoms with Crippen molar-refractivity contribution in [3.63, 3.8) is 0 Å². The first kappa shape index (κ1) is 32.8. The number of carbonyl (C=O) groups excluding carboxylic acids is 1. The number of halogens is 5. The molecule has 4 saturated carbocycles. The maximum Gasteiger partial charge on any atom is 0.432 e. The number of hydrogen-bond donors (Lipinski definition) is 3. The molecule has 0 saturated heterocycles. The van der Waals surface area contributed by atoms with Gasteiger partial charge in [0.05, 0.1) is 18.3 Å². The monoisotopic (exact) mass is 619 g/mol. The molecular formula is C27H40F5O8S-. The van der Waals surface area contributed by atoms with E-state index in [1.807, 2.05) is 6.92 Å². The number of aliphatic hydroxyl groups is 3. The zero-order valence-corrected chi connectivity index (χ0v) is 24.1. The van der Waals surface area contributed by atoms with Crippen LogP contribution < -0.4 is 0 Å². The molecule has 4 rings (SSSR count). The zero-order chi connectivity index (χ0) is 30.9. The molecule has 0 bridgehead atoms. The first-order chi connectivity index (χ1) is 18.7. The van der Waals surface area contributed by atoms with Gasteiger partial charge in [0.25, 0.3) is 6.10 Å². The minimum absolute atomic E-state index is 0.0501. The van der Waals surface area contributed by atoms with Crippen LogP contribution in [0.5, 0.6) is 0 Å². The van der Waals surface area contributed by atoms with Crippen molar-refractivity contribution in [3.8, 4) is 0 Å². The second-order valence-corrected chi connectivity index (χ2v) is 14.9. The fourth-order valence-corrected chi connectivity index (χ4v) is 9.77. The van der Waals surface area contributed by atoms with Crippen LogP contribution in [0.3, 0.4) is 0 Å². The molecule has 0 amide bonds. The van der Waals surface area contributed by atoms with E-state index in [0.29, 0.717) is 38.5 Å². The maximum absolute atomic E-state index is 13.7. The molecule has 4 aliphatic rings. The van der Waals surface area contributed by atoms with Gasteiger partial charge in [0, 0.05) is 6.42 Å². The number of carbonyl (C=O) groups is 1. The fourth-order valence-electron chi connectivity index (χ4n) is 9.33. The highest BCUT2D eigenvalue weighted by molar-refractivity contribution is 7.86. The number of alkyl halides is 5. The van der Waals surface area contributed by atoms with Crippen LogP contribution in [0.4, 0.5) is 22.0 Å². The molecule has 0 spiro atoms. The highest BCUT2D eigenvalue weighted by Crippen LogP contribution is 2.68. The van der Waals surface area contributed by atoms with Crippen molar-refractivity contribution in [2.45, 2.75) is 114 Å². The normalized spacial score (nSPS) is 42.9. The molecule has 0 aromatic rings. The quantitative estimate of drug-likeness (QED) is 0.221. The molecule has 8 nitrogen and oxygen atoms in total. The van der Waals surface area contributed by atoms with E-state index in [1.54, 1.807) is 6.92 Å². The number of aliphatic hydroxyl groups excluding tert-OH is 3. The lowest BCUT2D eigenvalue weighted by Gasteiger charge is -2.63. The SMILES string of the molecule is C[C@H](CCC(=O)OC(C(F)(F)F)C(F)(F)S(=O)(=O)[O-])[C@H]1CC[C@H]2[C@@H]3C(O)C[C@@H]4CC(O)CC[C@]4(C)[C@H]3CC(O)[C@]12C. The predicted molar refractivity (Wildman–Crippen MR) is 133 cm³/mol. The Kier molecular flexibility index (Phi) is 8.66. The molecule has 4 unspecified atom stereocenters. The molecule has 0 aromatic heterocycles.